The first-order valence-electron chi connectivity index (χ1n) is 4.29. The van der Waals surface area contributed by atoms with Gasteiger partial charge in [-0.3, -0.25) is 0 Å². The number of benzene rings is 1. The highest BCUT2D eigenvalue weighted by Gasteiger charge is 2.10. The minimum Gasteiger partial charge on any atom is -0.398 e. The van der Waals surface area contributed by atoms with Crippen molar-refractivity contribution < 1.29 is 4.39 Å². The number of nitrogen functional groups attached to an aromatic ring is 1. The largest absolute Gasteiger partial charge is 0.398 e. The third-order valence-corrected chi connectivity index (χ3v) is 4.28. The van der Waals surface area contributed by atoms with Crippen molar-refractivity contribution in [2.45, 2.75) is 16.2 Å². The van der Waals surface area contributed by atoms with Crippen LogP contribution in [0.25, 0.3) is 0 Å². The maximum absolute atomic E-state index is 13.3. The number of hydrogen-bond donors (Lipinski definition) is 1. The fourth-order valence-electron chi connectivity index (χ4n) is 1.05. The van der Waals surface area contributed by atoms with E-state index in [1.807, 2.05) is 6.92 Å². The highest BCUT2D eigenvalue weighted by atomic mass is 79.9. The van der Waals surface area contributed by atoms with E-state index in [-0.39, 0.29) is 5.82 Å². The van der Waals surface area contributed by atoms with E-state index in [4.69, 9.17) is 5.73 Å². The molecule has 0 amide bonds. The summed E-state index contributed by atoms with van der Waals surface area (Å²) in [5, 5.41) is 0. The Morgan fingerprint density at radius 1 is 1.50 bits per heavy atom. The van der Waals surface area contributed by atoms with E-state index in [0.717, 1.165) is 4.34 Å². The first kappa shape index (κ1) is 11.8. The van der Waals surface area contributed by atoms with Crippen LogP contribution in [0.2, 0.25) is 0 Å². The van der Waals surface area contributed by atoms with Crippen molar-refractivity contribution in [2.24, 2.45) is 0 Å². The standard InChI is InChI=1S/C9H7BrFN3S2/c1-4-13-9(16-14-4)15-8-3-6(11)5(10)2-7(8)12/h2-3H,12H2,1H3. The van der Waals surface area contributed by atoms with Gasteiger partial charge in [0.15, 0.2) is 4.34 Å². The Bertz CT molecular complexity index is 529. The number of nitrogens with zero attached hydrogens (tertiary/aromatic N) is 2. The molecule has 2 aromatic rings. The summed E-state index contributed by atoms with van der Waals surface area (Å²) < 4.78 is 18.5. The van der Waals surface area contributed by atoms with Gasteiger partial charge in [0.2, 0.25) is 0 Å². The highest BCUT2D eigenvalue weighted by Crippen LogP contribution is 2.35. The van der Waals surface area contributed by atoms with Crippen LogP contribution < -0.4 is 5.73 Å². The molecule has 0 aliphatic carbocycles. The third-order valence-electron chi connectivity index (χ3n) is 1.76. The van der Waals surface area contributed by atoms with E-state index in [2.05, 4.69) is 25.3 Å². The van der Waals surface area contributed by atoms with E-state index in [9.17, 15) is 4.39 Å². The minimum atomic E-state index is -0.335. The molecule has 0 unspecified atom stereocenters. The van der Waals surface area contributed by atoms with Gasteiger partial charge in [-0.15, -0.1) is 0 Å². The Balaban J connectivity index is 2.31. The van der Waals surface area contributed by atoms with E-state index in [1.54, 1.807) is 6.07 Å². The van der Waals surface area contributed by atoms with Crippen molar-refractivity contribution in [3.05, 3.63) is 28.2 Å². The zero-order chi connectivity index (χ0) is 11.7. The van der Waals surface area contributed by atoms with Gasteiger partial charge in [0.1, 0.15) is 11.6 Å². The summed E-state index contributed by atoms with van der Waals surface area (Å²) in [6.07, 6.45) is 0. The molecular formula is C9H7BrFN3S2. The molecule has 84 valence electrons. The second-order valence-electron chi connectivity index (χ2n) is 3.01. The lowest BCUT2D eigenvalue weighted by Gasteiger charge is -2.04. The molecule has 0 radical (unpaired) electrons. The highest BCUT2D eigenvalue weighted by molar-refractivity contribution is 9.10. The first-order chi connectivity index (χ1) is 7.56. The van der Waals surface area contributed by atoms with Crippen LogP contribution in [0.4, 0.5) is 10.1 Å². The van der Waals surface area contributed by atoms with Gasteiger partial charge in [-0.2, -0.15) is 4.37 Å². The molecule has 2 rings (SSSR count). The predicted molar refractivity (Wildman–Crippen MR) is 67.3 cm³/mol. The SMILES string of the molecule is Cc1nsc(Sc2cc(F)c(Br)cc2N)n1. The zero-order valence-corrected chi connectivity index (χ0v) is 11.4. The molecule has 1 heterocycles. The average Bonchev–Trinajstić information content (AvgIpc) is 2.60. The van der Waals surface area contributed by atoms with E-state index < -0.39 is 0 Å². The zero-order valence-electron chi connectivity index (χ0n) is 8.20. The first-order valence-corrected chi connectivity index (χ1v) is 6.67. The molecule has 1 aromatic heterocycles. The van der Waals surface area contributed by atoms with Gasteiger partial charge < -0.3 is 5.73 Å². The summed E-state index contributed by atoms with van der Waals surface area (Å²) in [4.78, 5) is 4.83. The number of anilines is 1. The van der Waals surface area contributed by atoms with Crippen molar-refractivity contribution in [2.75, 3.05) is 5.73 Å². The third kappa shape index (κ3) is 2.53. The number of aromatic nitrogens is 2. The summed E-state index contributed by atoms with van der Waals surface area (Å²) >= 11 is 5.67. The topological polar surface area (TPSA) is 51.8 Å². The monoisotopic (exact) mass is 319 g/mol. The molecule has 0 fully saturated rings. The Morgan fingerprint density at radius 3 is 2.88 bits per heavy atom. The fraction of sp³-hybridized carbons (Fsp3) is 0.111. The molecule has 0 aliphatic heterocycles. The number of hydrogen-bond acceptors (Lipinski definition) is 5. The summed E-state index contributed by atoms with van der Waals surface area (Å²) in [6.45, 7) is 1.81. The predicted octanol–water partition coefficient (Wildman–Crippen LogP) is 3.48. The maximum Gasteiger partial charge on any atom is 0.174 e. The Hall–Kier alpha value is -0.660. The van der Waals surface area contributed by atoms with Crippen LogP contribution >= 0.6 is 39.2 Å². The molecule has 7 heteroatoms. The van der Waals surface area contributed by atoms with Gasteiger partial charge >= 0.3 is 0 Å². The van der Waals surface area contributed by atoms with Crippen LogP contribution in [0.15, 0.2) is 25.8 Å². The van der Waals surface area contributed by atoms with Gasteiger partial charge in [0, 0.05) is 10.6 Å². The number of nitrogens with two attached hydrogens (primary N) is 1. The van der Waals surface area contributed by atoms with E-state index >= 15 is 0 Å². The molecule has 0 atom stereocenters. The molecule has 0 spiro atoms. The molecule has 0 bridgehead atoms. The van der Waals surface area contributed by atoms with Crippen molar-refractivity contribution >= 4 is 44.9 Å². The lowest BCUT2D eigenvalue weighted by molar-refractivity contribution is 0.618. The average molecular weight is 320 g/mol. The van der Waals surface area contributed by atoms with Crippen molar-refractivity contribution in [3.8, 4) is 0 Å². The quantitative estimate of drug-likeness (QED) is 0.861. The van der Waals surface area contributed by atoms with Gasteiger partial charge in [-0.25, -0.2) is 9.37 Å². The summed E-state index contributed by atoms with van der Waals surface area (Å²) in [5.41, 5.74) is 6.30. The Morgan fingerprint density at radius 2 is 2.25 bits per heavy atom. The van der Waals surface area contributed by atoms with Crippen molar-refractivity contribution in [3.63, 3.8) is 0 Å². The van der Waals surface area contributed by atoms with E-state index in [0.29, 0.717) is 20.9 Å². The van der Waals surface area contributed by atoms with E-state index in [1.165, 1.54) is 29.4 Å². The van der Waals surface area contributed by atoms with Crippen LogP contribution in [0.5, 0.6) is 0 Å². The Kier molecular flexibility index (Phi) is 3.46. The molecular weight excluding hydrogens is 313 g/mol. The number of aryl methyl sites for hydroxylation is 1. The fourth-order valence-corrected chi connectivity index (χ4v) is 3.07. The summed E-state index contributed by atoms with van der Waals surface area (Å²) in [5.74, 6) is 0.376. The number of rotatable bonds is 2. The molecule has 16 heavy (non-hydrogen) atoms. The lowest BCUT2D eigenvalue weighted by atomic mass is 10.3. The van der Waals surface area contributed by atoms with Crippen molar-refractivity contribution in [1.29, 1.82) is 0 Å². The van der Waals surface area contributed by atoms with Crippen LogP contribution in [0.3, 0.4) is 0 Å². The molecule has 0 aliphatic rings. The van der Waals surface area contributed by atoms with Crippen LogP contribution in [-0.4, -0.2) is 9.36 Å². The smallest absolute Gasteiger partial charge is 0.174 e. The van der Waals surface area contributed by atoms with Crippen LogP contribution in [-0.2, 0) is 0 Å². The van der Waals surface area contributed by atoms with Gasteiger partial charge in [-0.1, -0.05) is 11.8 Å². The van der Waals surface area contributed by atoms with Crippen LogP contribution in [0, 0.1) is 12.7 Å². The van der Waals surface area contributed by atoms with Gasteiger partial charge in [-0.05, 0) is 46.5 Å². The molecule has 0 saturated carbocycles. The van der Waals surface area contributed by atoms with Crippen LogP contribution in [0.1, 0.15) is 5.82 Å². The second-order valence-corrected chi connectivity index (χ2v) is 5.91. The molecule has 1 aromatic carbocycles. The summed E-state index contributed by atoms with van der Waals surface area (Å²) in [7, 11) is 0. The normalized spacial score (nSPS) is 10.7. The minimum absolute atomic E-state index is 0.335. The molecule has 0 saturated heterocycles. The molecule has 3 nitrogen and oxygen atoms in total. The molecule has 2 N–H and O–H groups in total. The number of halogens is 2. The summed E-state index contributed by atoms with van der Waals surface area (Å²) in [6, 6.07) is 2.94. The lowest BCUT2D eigenvalue weighted by Crippen LogP contribution is -1.90. The van der Waals surface area contributed by atoms with Crippen molar-refractivity contribution in [1.82, 2.24) is 9.36 Å². The Labute approximate surface area is 109 Å². The van der Waals surface area contributed by atoms with Gasteiger partial charge in [0.25, 0.3) is 0 Å². The van der Waals surface area contributed by atoms with Gasteiger partial charge in [0.05, 0.1) is 4.47 Å². The maximum atomic E-state index is 13.3. The second kappa shape index (κ2) is 4.68.